The van der Waals surface area contributed by atoms with Crippen molar-refractivity contribution in [2.75, 3.05) is 26.2 Å². The third-order valence-electron chi connectivity index (χ3n) is 4.58. The van der Waals surface area contributed by atoms with Crippen LogP contribution in [0.3, 0.4) is 0 Å². The summed E-state index contributed by atoms with van der Waals surface area (Å²) in [6, 6.07) is 2.51. The maximum atomic E-state index is 12.9. The standard InChI is InChI=1S/C16H24BrN3O/c1-2-19(10-12-5-7-18-8-6-12)16(21)15-9-13(17)11-20(15)14-3-4-14/h9,11-12,14,18H,2-8,10H2,1H3. The number of rotatable bonds is 5. The monoisotopic (exact) mass is 353 g/mol. The second-order valence-electron chi connectivity index (χ2n) is 6.22. The van der Waals surface area contributed by atoms with Crippen molar-refractivity contribution in [2.45, 2.75) is 38.6 Å². The van der Waals surface area contributed by atoms with E-state index in [1.165, 1.54) is 25.7 Å². The lowest BCUT2D eigenvalue weighted by molar-refractivity contribution is 0.0715. The molecule has 0 radical (unpaired) electrons. The van der Waals surface area contributed by atoms with Crippen LogP contribution in [0.5, 0.6) is 0 Å². The molecule has 2 fully saturated rings. The van der Waals surface area contributed by atoms with E-state index >= 15 is 0 Å². The van der Waals surface area contributed by atoms with Gasteiger partial charge in [0.2, 0.25) is 0 Å². The lowest BCUT2D eigenvalue weighted by Crippen LogP contribution is -2.39. The summed E-state index contributed by atoms with van der Waals surface area (Å²) in [6.07, 6.45) is 6.81. The van der Waals surface area contributed by atoms with Crippen LogP contribution in [-0.2, 0) is 0 Å². The van der Waals surface area contributed by atoms with Crippen molar-refractivity contribution < 1.29 is 4.79 Å². The molecule has 116 valence electrons. The lowest BCUT2D eigenvalue weighted by atomic mass is 9.97. The third kappa shape index (κ3) is 3.51. The van der Waals surface area contributed by atoms with Gasteiger partial charge in [0.1, 0.15) is 5.69 Å². The highest BCUT2D eigenvalue weighted by Gasteiger charge is 2.30. The molecule has 0 aromatic carbocycles. The third-order valence-corrected chi connectivity index (χ3v) is 5.01. The molecule has 1 aliphatic heterocycles. The Morgan fingerprint density at radius 2 is 2.10 bits per heavy atom. The predicted molar refractivity (Wildman–Crippen MR) is 87.6 cm³/mol. The molecule has 5 heteroatoms. The van der Waals surface area contributed by atoms with Gasteiger partial charge < -0.3 is 14.8 Å². The summed E-state index contributed by atoms with van der Waals surface area (Å²) < 4.78 is 3.17. The summed E-state index contributed by atoms with van der Waals surface area (Å²) >= 11 is 3.52. The van der Waals surface area contributed by atoms with Gasteiger partial charge in [-0.1, -0.05) is 0 Å². The zero-order chi connectivity index (χ0) is 14.8. The Hall–Kier alpha value is -0.810. The van der Waals surface area contributed by atoms with Crippen molar-refractivity contribution in [1.82, 2.24) is 14.8 Å². The van der Waals surface area contributed by atoms with Crippen LogP contribution in [-0.4, -0.2) is 41.6 Å². The van der Waals surface area contributed by atoms with Gasteiger partial charge in [0.15, 0.2) is 0 Å². The second kappa shape index (κ2) is 6.53. The van der Waals surface area contributed by atoms with Gasteiger partial charge in [0, 0.05) is 29.8 Å². The number of hydrogen-bond donors (Lipinski definition) is 1. The van der Waals surface area contributed by atoms with E-state index in [-0.39, 0.29) is 5.91 Å². The number of aromatic nitrogens is 1. The number of hydrogen-bond acceptors (Lipinski definition) is 2. The Bertz CT molecular complexity index is 504. The molecule has 1 saturated heterocycles. The van der Waals surface area contributed by atoms with Crippen LogP contribution in [0.1, 0.15) is 49.1 Å². The molecule has 0 atom stereocenters. The molecule has 2 heterocycles. The topological polar surface area (TPSA) is 37.3 Å². The molecule has 0 spiro atoms. The number of carbonyl (C=O) groups is 1. The summed E-state index contributed by atoms with van der Waals surface area (Å²) in [7, 11) is 0. The average Bonchev–Trinajstić information content (AvgIpc) is 3.27. The predicted octanol–water partition coefficient (Wildman–Crippen LogP) is 3.05. The number of amides is 1. The van der Waals surface area contributed by atoms with E-state index in [2.05, 4.69) is 38.9 Å². The highest BCUT2D eigenvalue weighted by Crippen LogP contribution is 2.37. The van der Waals surface area contributed by atoms with E-state index in [9.17, 15) is 4.79 Å². The first-order valence-corrected chi connectivity index (χ1v) is 8.85. The molecule has 21 heavy (non-hydrogen) atoms. The molecule has 1 aromatic heterocycles. The average molecular weight is 354 g/mol. The molecule has 1 aromatic rings. The number of carbonyl (C=O) groups excluding carboxylic acids is 1. The molecule has 2 aliphatic rings. The smallest absolute Gasteiger partial charge is 0.270 e. The van der Waals surface area contributed by atoms with Gasteiger partial charge in [0.05, 0.1) is 0 Å². The van der Waals surface area contributed by atoms with Crippen LogP contribution in [0.4, 0.5) is 0 Å². The minimum atomic E-state index is 0.189. The van der Waals surface area contributed by atoms with Crippen molar-refractivity contribution in [3.05, 3.63) is 22.4 Å². The number of halogens is 1. The highest BCUT2D eigenvalue weighted by molar-refractivity contribution is 9.10. The lowest BCUT2D eigenvalue weighted by Gasteiger charge is -2.29. The summed E-state index contributed by atoms with van der Waals surface area (Å²) in [6.45, 7) is 5.93. The highest BCUT2D eigenvalue weighted by atomic mass is 79.9. The second-order valence-corrected chi connectivity index (χ2v) is 7.13. The summed E-state index contributed by atoms with van der Waals surface area (Å²) in [4.78, 5) is 14.9. The van der Waals surface area contributed by atoms with E-state index < -0.39 is 0 Å². The van der Waals surface area contributed by atoms with E-state index in [1.54, 1.807) is 0 Å². The minimum absolute atomic E-state index is 0.189. The molecular weight excluding hydrogens is 330 g/mol. The fraction of sp³-hybridized carbons (Fsp3) is 0.688. The van der Waals surface area contributed by atoms with Crippen molar-refractivity contribution in [1.29, 1.82) is 0 Å². The Labute approximate surface area is 135 Å². The zero-order valence-corrected chi connectivity index (χ0v) is 14.2. The van der Waals surface area contributed by atoms with Gasteiger partial charge in [-0.2, -0.15) is 0 Å². The normalized spacial score (nSPS) is 19.7. The van der Waals surface area contributed by atoms with Crippen LogP contribution in [0.2, 0.25) is 0 Å². The SMILES string of the molecule is CCN(CC1CCNCC1)C(=O)c1cc(Br)cn1C1CC1. The summed E-state index contributed by atoms with van der Waals surface area (Å²) in [5.74, 6) is 0.830. The maximum absolute atomic E-state index is 12.9. The van der Waals surface area contributed by atoms with Crippen LogP contribution < -0.4 is 5.32 Å². The first-order valence-electron chi connectivity index (χ1n) is 8.06. The van der Waals surface area contributed by atoms with Gasteiger partial charge in [0.25, 0.3) is 5.91 Å². The molecule has 1 saturated carbocycles. The van der Waals surface area contributed by atoms with E-state index in [1.807, 2.05) is 11.0 Å². The molecule has 1 aliphatic carbocycles. The molecule has 3 rings (SSSR count). The van der Waals surface area contributed by atoms with Gasteiger partial charge >= 0.3 is 0 Å². The minimum Gasteiger partial charge on any atom is -0.339 e. The molecule has 0 unspecified atom stereocenters. The van der Waals surface area contributed by atoms with Crippen molar-refractivity contribution >= 4 is 21.8 Å². The zero-order valence-electron chi connectivity index (χ0n) is 12.6. The van der Waals surface area contributed by atoms with Crippen molar-refractivity contribution in [2.24, 2.45) is 5.92 Å². The Morgan fingerprint density at radius 1 is 1.38 bits per heavy atom. The number of nitrogens with zero attached hydrogens (tertiary/aromatic N) is 2. The Morgan fingerprint density at radius 3 is 2.71 bits per heavy atom. The Kier molecular flexibility index (Phi) is 4.69. The van der Waals surface area contributed by atoms with Crippen LogP contribution in [0, 0.1) is 5.92 Å². The van der Waals surface area contributed by atoms with Gasteiger partial charge in [-0.25, -0.2) is 0 Å². The van der Waals surface area contributed by atoms with Crippen LogP contribution in [0.25, 0.3) is 0 Å². The quantitative estimate of drug-likeness (QED) is 0.883. The van der Waals surface area contributed by atoms with E-state index in [0.29, 0.717) is 12.0 Å². The molecule has 0 bridgehead atoms. The van der Waals surface area contributed by atoms with Gasteiger partial charge in [-0.3, -0.25) is 4.79 Å². The van der Waals surface area contributed by atoms with Gasteiger partial charge in [-0.05, 0) is 73.6 Å². The van der Waals surface area contributed by atoms with E-state index in [4.69, 9.17) is 0 Å². The molecule has 4 nitrogen and oxygen atoms in total. The van der Waals surface area contributed by atoms with E-state index in [0.717, 1.165) is 36.3 Å². The molecule has 1 amide bonds. The Balaban J connectivity index is 1.72. The van der Waals surface area contributed by atoms with Crippen LogP contribution in [0.15, 0.2) is 16.7 Å². The summed E-state index contributed by atoms with van der Waals surface area (Å²) in [5, 5.41) is 3.39. The van der Waals surface area contributed by atoms with Crippen molar-refractivity contribution in [3.63, 3.8) is 0 Å². The van der Waals surface area contributed by atoms with Crippen molar-refractivity contribution in [3.8, 4) is 0 Å². The largest absolute Gasteiger partial charge is 0.339 e. The fourth-order valence-electron chi connectivity index (χ4n) is 3.17. The summed E-state index contributed by atoms with van der Waals surface area (Å²) in [5.41, 5.74) is 0.847. The number of piperidine rings is 1. The van der Waals surface area contributed by atoms with Crippen LogP contribution >= 0.6 is 15.9 Å². The maximum Gasteiger partial charge on any atom is 0.270 e. The molecular formula is C16H24BrN3O. The fourth-order valence-corrected chi connectivity index (χ4v) is 3.60. The van der Waals surface area contributed by atoms with Gasteiger partial charge in [-0.15, -0.1) is 0 Å². The first kappa shape index (κ1) is 15.1. The molecule has 1 N–H and O–H groups in total. The first-order chi connectivity index (χ1) is 10.2. The number of nitrogens with one attached hydrogen (secondary N) is 1.